The Kier molecular flexibility index (Phi) is 5.07. The number of carbonyl (C=O) groups is 3. The molecule has 2 N–H and O–H groups in total. The number of nitrogens with zero attached hydrogens (tertiary/aromatic N) is 1. The molecule has 4 rings (SSSR count). The topological polar surface area (TPSA) is 97.0 Å². The first-order valence-corrected chi connectivity index (χ1v) is 9.36. The van der Waals surface area contributed by atoms with Crippen LogP contribution in [0.25, 0.3) is 0 Å². The molecule has 0 aromatic heterocycles. The van der Waals surface area contributed by atoms with E-state index in [1.807, 2.05) is 37.3 Å². The van der Waals surface area contributed by atoms with Crippen LogP contribution in [0.5, 0.6) is 11.5 Å². The van der Waals surface area contributed by atoms with Crippen molar-refractivity contribution in [2.24, 2.45) is 5.92 Å². The molecule has 2 unspecified atom stereocenters. The van der Waals surface area contributed by atoms with Gasteiger partial charge in [-0.2, -0.15) is 0 Å². The standard InChI is InChI=1S/C21H21N3O5/c1-13-6-8-15(9-7-13)24-11-14(10-19(24)25)20(26)22-23-21(27)18-12-28-16-4-2-3-5-17(16)29-18/h2-9,14,18H,10-12H2,1H3,(H,22,26)(H,23,27). The zero-order valence-electron chi connectivity index (χ0n) is 15.9. The van der Waals surface area contributed by atoms with Gasteiger partial charge in [-0.25, -0.2) is 0 Å². The summed E-state index contributed by atoms with van der Waals surface area (Å²) in [5, 5.41) is 0. The van der Waals surface area contributed by atoms with Crippen molar-refractivity contribution in [1.82, 2.24) is 10.9 Å². The van der Waals surface area contributed by atoms with E-state index in [4.69, 9.17) is 9.47 Å². The van der Waals surface area contributed by atoms with Crippen LogP contribution in [-0.4, -0.2) is 37.0 Å². The molecular weight excluding hydrogens is 374 g/mol. The number of ether oxygens (including phenoxy) is 2. The molecule has 0 saturated carbocycles. The van der Waals surface area contributed by atoms with Crippen LogP contribution < -0.4 is 25.2 Å². The van der Waals surface area contributed by atoms with E-state index in [1.165, 1.54) is 0 Å². The number of hydrogen-bond donors (Lipinski definition) is 2. The first kappa shape index (κ1) is 18.8. The quantitative estimate of drug-likeness (QED) is 0.765. The van der Waals surface area contributed by atoms with Crippen molar-refractivity contribution in [3.8, 4) is 11.5 Å². The van der Waals surface area contributed by atoms with Crippen LogP contribution in [0.2, 0.25) is 0 Å². The molecule has 29 heavy (non-hydrogen) atoms. The molecule has 2 atom stereocenters. The van der Waals surface area contributed by atoms with Crippen molar-refractivity contribution in [2.45, 2.75) is 19.4 Å². The number of para-hydroxylation sites is 2. The Bertz CT molecular complexity index is 944. The maximum atomic E-state index is 12.4. The van der Waals surface area contributed by atoms with Gasteiger partial charge in [0.25, 0.3) is 5.91 Å². The van der Waals surface area contributed by atoms with Gasteiger partial charge in [0.05, 0.1) is 5.92 Å². The molecule has 2 aliphatic rings. The maximum absolute atomic E-state index is 12.4. The molecule has 2 aromatic carbocycles. The molecule has 2 heterocycles. The van der Waals surface area contributed by atoms with Crippen LogP contribution in [0, 0.1) is 12.8 Å². The summed E-state index contributed by atoms with van der Waals surface area (Å²) in [4.78, 5) is 38.6. The lowest BCUT2D eigenvalue weighted by Gasteiger charge is -2.25. The van der Waals surface area contributed by atoms with E-state index in [0.29, 0.717) is 11.5 Å². The van der Waals surface area contributed by atoms with Gasteiger partial charge in [0, 0.05) is 18.7 Å². The van der Waals surface area contributed by atoms with Crippen molar-refractivity contribution in [1.29, 1.82) is 0 Å². The number of carbonyl (C=O) groups excluding carboxylic acids is 3. The largest absolute Gasteiger partial charge is 0.485 e. The molecule has 2 aliphatic heterocycles. The molecule has 8 heteroatoms. The Morgan fingerprint density at radius 3 is 2.45 bits per heavy atom. The highest BCUT2D eigenvalue weighted by Crippen LogP contribution is 2.31. The second-order valence-electron chi connectivity index (χ2n) is 7.08. The number of anilines is 1. The third kappa shape index (κ3) is 4.01. The number of hydrogen-bond acceptors (Lipinski definition) is 5. The minimum atomic E-state index is -0.875. The Morgan fingerprint density at radius 2 is 1.69 bits per heavy atom. The lowest BCUT2D eigenvalue weighted by atomic mass is 10.1. The van der Waals surface area contributed by atoms with E-state index in [1.54, 1.807) is 23.1 Å². The van der Waals surface area contributed by atoms with Crippen molar-refractivity contribution in [2.75, 3.05) is 18.1 Å². The normalized spacial score (nSPS) is 20.3. The van der Waals surface area contributed by atoms with Crippen molar-refractivity contribution < 1.29 is 23.9 Å². The summed E-state index contributed by atoms with van der Waals surface area (Å²) in [7, 11) is 0. The van der Waals surface area contributed by atoms with Gasteiger partial charge >= 0.3 is 0 Å². The Labute approximate surface area is 167 Å². The molecule has 1 saturated heterocycles. The molecule has 150 valence electrons. The van der Waals surface area contributed by atoms with Crippen LogP contribution in [0.4, 0.5) is 5.69 Å². The van der Waals surface area contributed by atoms with Crippen LogP contribution in [0.3, 0.4) is 0 Å². The van der Waals surface area contributed by atoms with Gasteiger partial charge in [0.2, 0.25) is 17.9 Å². The summed E-state index contributed by atoms with van der Waals surface area (Å²) in [6.07, 6.45) is -0.786. The Balaban J connectivity index is 1.30. The smallest absolute Gasteiger partial charge is 0.283 e. The Morgan fingerprint density at radius 1 is 1.00 bits per heavy atom. The Hall–Kier alpha value is -3.55. The van der Waals surface area contributed by atoms with Crippen LogP contribution in [0.15, 0.2) is 48.5 Å². The lowest BCUT2D eigenvalue weighted by Crippen LogP contribution is -2.52. The SMILES string of the molecule is Cc1ccc(N2CC(C(=O)NNC(=O)C3COc4ccccc4O3)CC2=O)cc1. The monoisotopic (exact) mass is 395 g/mol. The molecule has 2 aromatic rings. The molecule has 0 spiro atoms. The second-order valence-corrected chi connectivity index (χ2v) is 7.08. The van der Waals surface area contributed by atoms with E-state index in [-0.39, 0.29) is 25.5 Å². The summed E-state index contributed by atoms with van der Waals surface area (Å²) in [5.74, 6) is -0.568. The lowest BCUT2D eigenvalue weighted by molar-refractivity contribution is -0.136. The number of rotatable bonds is 3. The van der Waals surface area contributed by atoms with Crippen LogP contribution in [0.1, 0.15) is 12.0 Å². The molecule has 0 aliphatic carbocycles. The van der Waals surface area contributed by atoms with Crippen molar-refractivity contribution >= 4 is 23.4 Å². The fraction of sp³-hybridized carbons (Fsp3) is 0.286. The average molecular weight is 395 g/mol. The fourth-order valence-electron chi connectivity index (χ4n) is 3.31. The zero-order valence-corrected chi connectivity index (χ0v) is 15.9. The number of benzene rings is 2. The van der Waals surface area contributed by atoms with Gasteiger partial charge in [-0.15, -0.1) is 0 Å². The summed E-state index contributed by atoms with van der Waals surface area (Å²) in [6, 6.07) is 14.6. The van der Waals surface area contributed by atoms with E-state index in [0.717, 1.165) is 11.3 Å². The minimum absolute atomic E-state index is 0.0435. The number of fused-ring (bicyclic) bond motifs is 1. The maximum Gasteiger partial charge on any atom is 0.283 e. The van der Waals surface area contributed by atoms with Crippen LogP contribution >= 0.6 is 0 Å². The van der Waals surface area contributed by atoms with E-state index in [9.17, 15) is 14.4 Å². The molecule has 0 bridgehead atoms. The first-order valence-electron chi connectivity index (χ1n) is 9.36. The minimum Gasteiger partial charge on any atom is -0.485 e. The van der Waals surface area contributed by atoms with Gasteiger partial charge in [0.15, 0.2) is 11.5 Å². The van der Waals surface area contributed by atoms with Gasteiger partial charge in [-0.1, -0.05) is 29.8 Å². The summed E-state index contributed by atoms with van der Waals surface area (Å²) in [5.41, 5.74) is 6.61. The fourth-order valence-corrected chi connectivity index (χ4v) is 3.31. The van der Waals surface area contributed by atoms with Gasteiger partial charge in [-0.3, -0.25) is 25.2 Å². The third-order valence-corrected chi connectivity index (χ3v) is 4.95. The van der Waals surface area contributed by atoms with Crippen molar-refractivity contribution in [3.63, 3.8) is 0 Å². The first-order chi connectivity index (χ1) is 14.0. The molecule has 1 fully saturated rings. The van der Waals surface area contributed by atoms with Gasteiger partial charge < -0.3 is 14.4 Å². The van der Waals surface area contributed by atoms with Gasteiger partial charge in [0.1, 0.15) is 6.61 Å². The molecule has 3 amide bonds. The summed E-state index contributed by atoms with van der Waals surface area (Å²) >= 11 is 0. The zero-order chi connectivity index (χ0) is 20.4. The highest BCUT2D eigenvalue weighted by molar-refractivity contribution is 6.00. The van der Waals surface area contributed by atoms with Gasteiger partial charge in [-0.05, 0) is 31.2 Å². The highest BCUT2D eigenvalue weighted by Gasteiger charge is 2.36. The summed E-state index contributed by atoms with van der Waals surface area (Å²) in [6.45, 7) is 2.27. The number of hydrazine groups is 1. The third-order valence-electron chi connectivity index (χ3n) is 4.95. The molecule has 0 radical (unpaired) electrons. The predicted octanol–water partition coefficient (Wildman–Crippen LogP) is 1.34. The number of nitrogens with one attached hydrogen (secondary N) is 2. The van der Waals surface area contributed by atoms with Crippen molar-refractivity contribution in [3.05, 3.63) is 54.1 Å². The van der Waals surface area contributed by atoms with Crippen LogP contribution in [-0.2, 0) is 14.4 Å². The highest BCUT2D eigenvalue weighted by atomic mass is 16.6. The number of aryl methyl sites for hydroxylation is 1. The number of amides is 3. The molecule has 8 nitrogen and oxygen atoms in total. The van der Waals surface area contributed by atoms with E-state index in [2.05, 4.69) is 10.9 Å². The van der Waals surface area contributed by atoms with E-state index < -0.39 is 23.8 Å². The second kappa shape index (κ2) is 7.83. The molecular formula is C21H21N3O5. The van der Waals surface area contributed by atoms with E-state index >= 15 is 0 Å². The average Bonchev–Trinajstić information content (AvgIpc) is 3.13. The summed E-state index contributed by atoms with van der Waals surface area (Å²) < 4.78 is 11.1. The predicted molar refractivity (Wildman–Crippen MR) is 104 cm³/mol.